The zero-order valence-corrected chi connectivity index (χ0v) is 12.2. The Morgan fingerprint density at radius 3 is 2.19 bits per heavy atom. The molecule has 0 amide bonds. The second-order valence-electron chi connectivity index (χ2n) is 5.25. The zero-order chi connectivity index (χ0) is 15.9. The van der Waals surface area contributed by atoms with Gasteiger partial charge in [0.05, 0.1) is 19.4 Å². The van der Waals surface area contributed by atoms with E-state index in [0.717, 1.165) is 32.1 Å². The van der Waals surface area contributed by atoms with Crippen LogP contribution < -0.4 is 0 Å². The van der Waals surface area contributed by atoms with Gasteiger partial charge in [-0.15, -0.1) is 0 Å². The molecule has 0 heterocycles. The van der Waals surface area contributed by atoms with E-state index in [1.165, 1.54) is 0 Å². The molecule has 1 atom stereocenters. The van der Waals surface area contributed by atoms with Crippen LogP contribution in [0.3, 0.4) is 0 Å². The van der Waals surface area contributed by atoms with E-state index in [2.05, 4.69) is 4.74 Å². The molecular weight excluding hydrogens is 280 g/mol. The van der Waals surface area contributed by atoms with Crippen LogP contribution in [-0.2, 0) is 23.9 Å². The Morgan fingerprint density at radius 1 is 1.10 bits per heavy atom. The van der Waals surface area contributed by atoms with Crippen molar-refractivity contribution in [2.75, 3.05) is 6.61 Å². The van der Waals surface area contributed by atoms with E-state index in [1.54, 1.807) is 6.92 Å². The predicted molar refractivity (Wildman–Crippen MR) is 71.4 cm³/mol. The van der Waals surface area contributed by atoms with Gasteiger partial charge in [0, 0.05) is 0 Å². The Morgan fingerprint density at radius 2 is 1.67 bits per heavy atom. The molecule has 0 aromatic carbocycles. The number of aliphatic carboxylic acids is 1. The molecule has 7 heteroatoms. The second-order valence-corrected chi connectivity index (χ2v) is 5.25. The topological polar surface area (TPSA) is 110 Å². The minimum absolute atomic E-state index is 0.0705. The molecule has 0 spiro atoms. The van der Waals surface area contributed by atoms with Crippen LogP contribution in [0.5, 0.6) is 0 Å². The number of hydrogen-bond donors (Lipinski definition) is 2. The normalized spacial score (nSPS) is 18.6. The van der Waals surface area contributed by atoms with E-state index < -0.39 is 36.4 Å². The van der Waals surface area contributed by atoms with Crippen LogP contribution in [0.25, 0.3) is 0 Å². The molecule has 1 aliphatic rings. The number of carbonyl (C=O) groups is 3. The molecule has 0 aromatic heterocycles. The average molecular weight is 302 g/mol. The van der Waals surface area contributed by atoms with E-state index >= 15 is 0 Å². The first-order chi connectivity index (χ1) is 9.87. The summed E-state index contributed by atoms with van der Waals surface area (Å²) >= 11 is 0. The van der Waals surface area contributed by atoms with Crippen LogP contribution in [0.4, 0.5) is 0 Å². The van der Waals surface area contributed by atoms with Gasteiger partial charge in [-0.1, -0.05) is 6.42 Å². The summed E-state index contributed by atoms with van der Waals surface area (Å²) in [6.45, 7) is 1.64. The summed E-state index contributed by atoms with van der Waals surface area (Å²) in [7, 11) is 0. The summed E-state index contributed by atoms with van der Waals surface area (Å²) in [5.41, 5.74) is -2.49. The highest BCUT2D eigenvalue weighted by Crippen LogP contribution is 2.23. The van der Waals surface area contributed by atoms with Crippen molar-refractivity contribution in [3.8, 4) is 0 Å². The fourth-order valence-electron chi connectivity index (χ4n) is 2.31. The van der Waals surface area contributed by atoms with Crippen molar-refractivity contribution in [3.05, 3.63) is 0 Å². The first kappa shape index (κ1) is 17.4. The Balaban J connectivity index is 2.57. The van der Waals surface area contributed by atoms with Crippen molar-refractivity contribution in [1.29, 1.82) is 0 Å². The number of ether oxygens (including phenoxy) is 2. The molecule has 0 aromatic rings. The average Bonchev–Trinajstić information content (AvgIpc) is 2.39. The maximum Gasteiger partial charge on any atom is 0.336 e. The molecule has 1 aliphatic carbocycles. The van der Waals surface area contributed by atoms with E-state index in [0.29, 0.717) is 0 Å². The van der Waals surface area contributed by atoms with Gasteiger partial charge in [0.15, 0.2) is 5.60 Å². The first-order valence-corrected chi connectivity index (χ1v) is 7.18. The Labute approximate surface area is 123 Å². The predicted octanol–water partition coefficient (Wildman–Crippen LogP) is 1.02. The zero-order valence-electron chi connectivity index (χ0n) is 12.2. The summed E-state index contributed by atoms with van der Waals surface area (Å²) in [6.07, 6.45) is 2.73. The molecule has 0 bridgehead atoms. The molecule has 21 heavy (non-hydrogen) atoms. The fraction of sp³-hybridized carbons (Fsp3) is 0.786. The van der Waals surface area contributed by atoms with Gasteiger partial charge in [0.2, 0.25) is 0 Å². The quantitative estimate of drug-likeness (QED) is 0.675. The minimum Gasteiger partial charge on any atom is -0.479 e. The van der Waals surface area contributed by atoms with Gasteiger partial charge in [-0.2, -0.15) is 0 Å². The van der Waals surface area contributed by atoms with Crippen LogP contribution >= 0.6 is 0 Å². The molecule has 1 saturated carbocycles. The van der Waals surface area contributed by atoms with Gasteiger partial charge in [0.1, 0.15) is 6.10 Å². The third kappa shape index (κ3) is 5.71. The van der Waals surface area contributed by atoms with Crippen molar-refractivity contribution in [3.63, 3.8) is 0 Å². The van der Waals surface area contributed by atoms with Gasteiger partial charge in [0.25, 0.3) is 0 Å². The van der Waals surface area contributed by atoms with Gasteiger partial charge in [-0.3, -0.25) is 9.59 Å². The Hall–Kier alpha value is -1.63. The van der Waals surface area contributed by atoms with Crippen molar-refractivity contribution >= 4 is 17.9 Å². The van der Waals surface area contributed by atoms with Gasteiger partial charge >= 0.3 is 17.9 Å². The molecule has 2 N–H and O–H groups in total. The molecular formula is C14H22O7. The Kier molecular flexibility index (Phi) is 6.61. The van der Waals surface area contributed by atoms with Gasteiger partial charge in [-0.25, -0.2) is 4.79 Å². The number of hydrogen-bond acceptors (Lipinski definition) is 6. The van der Waals surface area contributed by atoms with Crippen LogP contribution in [0, 0.1) is 0 Å². The molecule has 1 unspecified atom stereocenters. The van der Waals surface area contributed by atoms with E-state index in [9.17, 15) is 19.5 Å². The van der Waals surface area contributed by atoms with Gasteiger partial charge in [-0.05, 0) is 32.6 Å². The third-order valence-electron chi connectivity index (χ3n) is 3.43. The molecule has 0 aliphatic heterocycles. The smallest absolute Gasteiger partial charge is 0.336 e. The lowest BCUT2D eigenvalue weighted by molar-refractivity contribution is -0.175. The van der Waals surface area contributed by atoms with Crippen molar-refractivity contribution < 1.29 is 34.1 Å². The highest BCUT2D eigenvalue weighted by atomic mass is 16.5. The number of carboxylic acids is 1. The summed E-state index contributed by atoms with van der Waals surface area (Å²) in [4.78, 5) is 34.2. The lowest BCUT2D eigenvalue weighted by Crippen LogP contribution is -2.44. The van der Waals surface area contributed by atoms with E-state index in [1.807, 2.05) is 0 Å². The van der Waals surface area contributed by atoms with E-state index in [4.69, 9.17) is 9.84 Å². The number of carboxylic acid groups (broad SMARTS) is 1. The molecule has 120 valence electrons. The lowest BCUT2D eigenvalue weighted by atomic mass is 9.95. The number of aliphatic hydroxyl groups is 1. The first-order valence-electron chi connectivity index (χ1n) is 7.18. The van der Waals surface area contributed by atoms with Crippen molar-refractivity contribution in [1.82, 2.24) is 0 Å². The summed E-state index contributed by atoms with van der Waals surface area (Å²) in [5.74, 6) is -3.32. The molecule has 1 rings (SSSR count). The van der Waals surface area contributed by atoms with Gasteiger partial charge < -0.3 is 19.7 Å². The number of esters is 2. The van der Waals surface area contributed by atoms with E-state index in [-0.39, 0.29) is 12.7 Å². The molecule has 7 nitrogen and oxygen atoms in total. The highest BCUT2D eigenvalue weighted by molar-refractivity contribution is 5.89. The Bertz CT molecular complexity index is 387. The number of rotatable bonds is 7. The van der Waals surface area contributed by atoms with Crippen LogP contribution in [0.1, 0.15) is 51.9 Å². The van der Waals surface area contributed by atoms with Crippen LogP contribution in [0.2, 0.25) is 0 Å². The largest absolute Gasteiger partial charge is 0.479 e. The van der Waals surface area contributed by atoms with Crippen LogP contribution in [-0.4, -0.2) is 46.4 Å². The number of carbonyl (C=O) groups excluding carboxylic acids is 2. The van der Waals surface area contributed by atoms with Crippen molar-refractivity contribution in [2.24, 2.45) is 0 Å². The molecule has 0 saturated heterocycles. The maximum atomic E-state index is 11.8. The summed E-state index contributed by atoms with van der Waals surface area (Å²) in [6, 6.07) is 0. The minimum atomic E-state index is -2.49. The van der Waals surface area contributed by atoms with Crippen molar-refractivity contribution in [2.45, 2.75) is 63.6 Å². The maximum absolute atomic E-state index is 11.8. The molecule has 0 radical (unpaired) electrons. The lowest BCUT2D eigenvalue weighted by Gasteiger charge is -2.25. The SMILES string of the molecule is CCOC(=O)CC(O)(CC(=O)OC1CCCCC1)C(=O)O. The highest BCUT2D eigenvalue weighted by Gasteiger charge is 2.42. The third-order valence-corrected chi connectivity index (χ3v) is 3.43. The standard InChI is InChI=1S/C14H22O7/c1-2-20-11(15)8-14(19,13(17)18)9-12(16)21-10-6-4-3-5-7-10/h10,19H,2-9H2,1H3,(H,17,18). The molecule has 1 fully saturated rings. The summed E-state index contributed by atoms with van der Waals surface area (Å²) < 4.78 is 9.77. The van der Waals surface area contributed by atoms with Crippen LogP contribution in [0.15, 0.2) is 0 Å². The monoisotopic (exact) mass is 302 g/mol. The summed E-state index contributed by atoms with van der Waals surface area (Å²) in [5, 5.41) is 19.0. The fourth-order valence-corrected chi connectivity index (χ4v) is 2.31. The second kappa shape index (κ2) is 7.97.